The van der Waals surface area contributed by atoms with Gasteiger partial charge in [-0.1, -0.05) is 6.92 Å². The molecule has 0 aliphatic heterocycles. The van der Waals surface area contributed by atoms with Gasteiger partial charge >= 0.3 is 29.6 Å². The first-order valence-electron chi connectivity index (χ1n) is 2.46. The van der Waals surface area contributed by atoms with Crippen molar-refractivity contribution in [2.24, 2.45) is 5.73 Å². The first kappa shape index (κ1) is 12.8. The van der Waals surface area contributed by atoms with Crippen LogP contribution >= 0.6 is 7.37 Å². The van der Waals surface area contributed by atoms with E-state index >= 15 is 0 Å². The molecule has 0 saturated carbocycles. The Morgan fingerprint density at radius 2 is 2.11 bits per heavy atom. The zero-order valence-electron chi connectivity index (χ0n) is 6.13. The van der Waals surface area contributed by atoms with E-state index in [-0.39, 0.29) is 41.8 Å². The Kier molecular flexibility index (Phi) is 6.95. The molecule has 2 N–H and O–H groups in total. The summed E-state index contributed by atoms with van der Waals surface area (Å²) in [6.45, 7) is 3.04. The van der Waals surface area contributed by atoms with Crippen molar-refractivity contribution in [2.45, 2.75) is 12.6 Å². The molecule has 0 heterocycles. The van der Waals surface area contributed by atoms with Gasteiger partial charge in [0.25, 0.3) is 0 Å². The molecule has 0 aromatic rings. The smallest absolute Gasteiger partial charge is 0.799 e. The van der Waals surface area contributed by atoms with Crippen LogP contribution in [-0.2, 0) is 4.57 Å². The Bertz CT molecular complexity index is 113. The van der Waals surface area contributed by atoms with Crippen molar-refractivity contribution in [1.82, 2.24) is 0 Å². The molecule has 0 aromatic carbocycles. The van der Waals surface area contributed by atoms with E-state index in [0.29, 0.717) is 0 Å². The second-order valence-electron chi connectivity index (χ2n) is 1.99. The van der Waals surface area contributed by atoms with Crippen LogP contribution < -0.4 is 40.2 Å². The van der Waals surface area contributed by atoms with Gasteiger partial charge in [-0.2, -0.15) is 0 Å². The van der Waals surface area contributed by atoms with Gasteiger partial charge in [0.1, 0.15) is 0 Å². The van der Waals surface area contributed by atoms with Crippen molar-refractivity contribution in [2.75, 3.05) is 13.2 Å². The Labute approximate surface area is 77.8 Å². The largest absolute Gasteiger partial charge is 1.00 e. The maximum absolute atomic E-state index is 10.5. The summed E-state index contributed by atoms with van der Waals surface area (Å²) >= 11 is 0. The van der Waals surface area contributed by atoms with Crippen LogP contribution in [0.15, 0.2) is 0 Å². The molecule has 0 aliphatic carbocycles. The quantitative estimate of drug-likeness (QED) is 0.337. The minimum Gasteiger partial charge on any atom is -0.799 e. The fourth-order valence-electron chi connectivity index (χ4n) is 0.191. The monoisotopic (exact) mass is 159 g/mol. The fraction of sp³-hybridized carbons (Fsp3) is 1.00. The van der Waals surface area contributed by atoms with Gasteiger partial charge in [-0.3, -0.25) is 0 Å². The molecule has 0 aromatic heterocycles. The zero-order valence-corrected chi connectivity index (χ0v) is 9.02. The van der Waals surface area contributed by atoms with E-state index in [1.165, 1.54) is 6.66 Å². The molecule has 0 bridgehead atoms. The number of rotatable bonds is 2. The predicted octanol–water partition coefficient (Wildman–Crippen LogP) is -3.39. The molecule has 5 heteroatoms. The molecule has 0 aliphatic rings. The Hall–Kier alpha value is 1.15. The van der Waals surface area contributed by atoms with Crippen molar-refractivity contribution >= 4 is 7.37 Å². The first-order chi connectivity index (χ1) is 3.48. The van der Waals surface area contributed by atoms with E-state index < -0.39 is 7.37 Å². The maximum atomic E-state index is 10.5. The average Bonchev–Trinajstić information content (AvgIpc) is 1.62. The minimum absolute atomic E-state index is 0. The average molecular weight is 159 g/mol. The first-order valence-corrected chi connectivity index (χ1v) is 4.61. The maximum Gasteiger partial charge on any atom is 1.00 e. The van der Waals surface area contributed by atoms with Crippen LogP contribution in [-0.4, -0.2) is 18.9 Å². The van der Waals surface area contributed by atoms with Crippen molar-refractivity contribution in [1.29, 1.82) is 0 Å². The predicted molar refractivity (Wildman–Crippen MR) is 32.0 cm³/mol. The Balaban J connectivity index is 0. The van der Waals surface area contributed by atoms with Crippen LogP contribution in [0.2, 0.25) is 0 Å². The fourth-order valence-corrected chi connectivity index (χ4v) is 0.574. The molecule has 0 amide bonds. The number of hydrogen-bond donors (Lipinski definition) is 1. The molecular formula is C4H11NNaO2P. The van der Waals surface area contributed by atoms with Crippen LogP contribution in [0.5, 0.6) is 0 Å². The van der Waals surface area contributed by atoms with Crippen molar-refractivity contribution in [3.8, 4) is 0 Å². The molecule has 2 unspecified atom stereocenters. The molecule has 9 heavy (non-hydrogen) atoms. The van der Waals surface area contributed by atoms with E-state index in [1.807, 2.05) is 0 Å². The second kappa shape index (κ2) is 4.89. The van der Waals surface area contributed by atoms with Crippen molar-refractivity contribution in [3.63, 3.8) is 0 Å². The van der Waals surface area contributed by atoms with Gasteiger partial charge in [-0.05, 0) is 6.66 Å². The minimum atomic E-state index is -3.13. The molecule has 0 radical (unpaired) electrons. The summed E-state index contributed by atoms with van der Waals surface area (Å²) in [6.07, 6.45) is 0. The third kappa shape index (κ3) is 5.59. The summed E-state index contributed by atoms with van der Waals surface area (Å²) < 4.78 is 10.5. The molecule has 2 atom stereocenters. The standard InChI is InChI=1S/C4H12NO2P.Na/c1-4(3-5)8(2,6)7;/h4H,3,5H2,1-2H3,(H,6,7);/q;+1/p-1. The van der Waals surface area contributed by atoms with Crippen LogP contribution in [0, 0.1) is 0 Å². The molecule has 0 rings (SSSR count). The van der Waals surface area contributed by atoms with Crippen LogP contribution in [0.4, 0.5) is 0 Å². The Morgan fingerprint density at radius 1 is 1.78 bits per heavy atom. The summed E-state index contributed by atoms with van der Waals surface area (Å²) in [5, 5.41) is 0. The number of nitrogens with two attached hydrogens (primary N) is 1. The van der Waals surface area contributed by atoms with Crippen LogP contribution in [0.1, 0.15) is 6.92 Å². The van der Waals surface area contributed by atoms with Gasteiger partial charge < -0.3 is 15.2 Å². The molecule has 0 fully saturated rings. The molecular weight excluding hydrogens is 148 g/mol. The third-order valence-electron chi connectivity index (χ3n) is 1.14. The zero-order chi connectivity index (χ0) is 6.78. The van der Waals surface area contributed by atoms with E-state index in [2.05, 4.69) is 0 Å². The van der Waals surface area contributed by atoms with Gasteiger partial charge in [0.05, 0.1) is 0 Å². The van der Waals surface area contributed by atoms with E-state index in [0.717, 1.165) is 0 Å². The molecule has 0 saturated heterocycles. The molecule has 3 nitrogen and oxygen atoms in total. The van der Waals surface area contributed by atoms with Gasteiger partial charge in [-0.25, -0.2) is 0 Å². The topological polar surface area (TPSA) is 66.2 Å². The summed E-state index contributed by atoms with van der Waals surface area (Å²) in [4.78, 5) is 10.5. The summed E-state index contributed by atoms with van der Waals surface area (Å²) in [5.74, 6) is 0. The van der Waals surface area contributed by atoms with Crippen molar-refractivity contribution in [3.05, 3.63) is 0 Å². The van der Waals surface area contributed by atoms with Crippen LogP contribution in [0.3, 0.4) is 0 Å². The van der Waals surface area contributed by atoms with E-state index in [9.17, 15) is 9.46 Å². The van der Waals surface area contributed by atoms with Gasteiger partial charge in [0, 0.05) is 19.6 Å². The number of hydrogen-bond acceptors (Lipinski definition) is 3. The van der Waals surface area contributed by atoms with Crippen LogP contribution in [0.25, 0.3) is 0 Å². The second-order valence-corrected chi connectivity index (χ2v) is 4.69. The molecule has 50 valence electrons. The van der Waals surface area contributed by atoms with E-state index in [1.54, 1.807) is 6.92 Å². The third-order valence-corrected chi connectivity index (χ3v) is 2.95. The summed E-state index contributed by atoms with van der Waals surface area (Å²) in [6, 6.07) is 0. The van der Waals surface area contributed by atoms with Crippen molar-refractivity contribution < 1.29 is 39.0 Å². The Morgan fingerprint density at radius 3 is 2.11 bits per heavy atom. The summed E-state index contributed by atoms with van der Waals surface area (Å²) in [7, 11) is -3.13. The van der Waals surface area contributed by atoms with Gasteiger partial charge in [-0.15, -0.1) is 0 Å². The SMILES string of the molecule is CC(CN)P(C)(=O)[O-].[Na+]. The normalized spacial score (nSPS) is 19.6. The van der Waals surface area contributed by atoms with E-state index in [4.69, 9.17) is 5.73 Å². The van der Waals surface area contributed by atoms with Gasteiger partial charge in [0.15, 0.2) is 0 Å². The van der Waals surface area contributed by atoms with Gasteiger partial charge in [0.2, 0.25) is 0 Å². The molecule has 0 spiro atoms. The summed E-state index contributed by atoms with van der Waals surface area (Å²) in [5.41, 5.74) is 4.71.